The molecule has 2 rings (SSSR count). The van der Waals surface area contributed by atoms with Gasteiger partial charge in [0.1, 0.15) is 10.8 Å². The van der Waals surface area contributed by atoms with E-state index in [9.17, 15) is 0 Å². The molecule has 2 aromatic rings. The third kappa shape index (κ3) is 6.58. The lowest BCUT2D eigenvalue weighted by Crippen LogP contribution is -2.38. The molecule has 0 fully saturated rings. The minimum atomic E-state index is 0.605. The van der Waals surface area contributed by atoms with E-state index in [-0.39, 0.29) is 0 Å². The molecule has 0 saturated heterocycles. The molecule has 0 aliphatic rings. The van der Waals surface area contributed by atoms with Crippen LogP contribution in [-0.2, 0) is 6.54 Å². The highest BCUT2D eigenvalue weighted by molar-refractivity contribution is 7.11. The fraction of sp³-hybridized carbons (Fsp3) is 0.444. The van der Waals surface area contributed by atoms with Crippen LogP contribution in [0.3, 0.4) is 0 Å². The molecule has 0 unspecified atom stereocenters. The first-order chi connectivity index (χ1) is 11.7. The van der Waals surface area contributed by atoms with Crippen molar-refractivity contribution in [1.82, 2.24) is 15.6 Å². The standard InChI is InChI=1S/C18H26N4OS/c1-4-19-18(22-13-17-21-12-15(3)24-17)20-10-5-11-23-16-8-6-14(2)7-9-16/h6-9,12H,4-5,10-11,13H2,1-3H3,(H2,19,20,22). The van der Waals surface area contributed by atoms with E-state index in [4.69, 9.17) is 4.74 Å². The van der Waals surface area contributed by atoms with Crippen molar-refractivity contribution in [2.24, 2.45) is 4.99 Å². The lowest BCUT2D eigenvalue weighted by molar-refractivity contribution is 0.311. The Labute approximate surface area is 148 Å². The number of ether oxygens (including phenoxy) is 1. The fourth-order valence-corrected chi connectivity index (χ4v) is 2.78. The zero-order valence-electron chi connectivity index (χ0n) is 14.6. The molecule has 0 radical (unpaired) electrons. The largest absolute Gasteiger partial charge is 0.494 e. The Kier molecular flexibility index (Phi) is 7.55. The molecule has 5 nitrogen and oxygen atoms in total. The number of hydrogen-bond donors (Lipinski definition) is 2. The van der Waals surface area contributed by atoms with Crippen LogP contribution in [0, 0.1) is 13.8 Å². The number of nitrogens with one attached hydrogen (secondary N) is 2. The molecule has 130 valence electrons. The molecule has 1 aromatic carbocycles. The summed E-state index contributed by atoms with van der Waals surface area (Å²) in [6.45, 7) is 9.13. The van der Waals surface area contributed by atoms with E-state index in [0.29, 0.717) is 13.2 Å². The molecule has 1 aromatic heterocycles. The molecule has 0 bridgehead atoms. The van der Waals surface area contributed by atoms with Crippen molar-refractivity contribution in [1.29, 1.82) is 0 Å². The van der Waals surface area contributed by atoms with Gasteiger partial charge in [0.2, 0.25) is 0 Å². The lowest BCUT2D eigenvalue weighted by atomic mass is 10.2. The summed E-state index contributed by atoms with van der Waals surface area (Å²) in [4.78, 5) is 10.1. The smallest absolute Gasteiger partial charge is 0.191 e. The van der Waals surface area contributed by atoms with Gasteiger partial charge >= 0.3 is 0 Å². The van der Waals surface area contributed by atoms with Gasteiger partial charge in [0.05, 0.1) is 13.2 Å². The number of aliphatic imine (C=N–C) groups is 1. The minimum Gasteiger partial charge on any atom is -0.494 e. The van der Waals surface area contributed by atoms with Crippen LogP contribution in [0.5, 0.6) is 5.75 Å². The molecular formula is C18H26N4OS. The molecule has 2 N–H and O–H groups in total. The van der Waals surface area contributed by atoms with Gasteiger partial charge in [-0.15, -0.1) is 11.3 Å². The third-order valence-electron chi connectivity index (χ3n) is 3.29. The summed E-state index contributed by atoms with van der Waals surface area (Å²) in [5.41, 5.74) is 1.24. The first-order valence-corrected chi connectivity index (χ1v) is 9.12. The molecule has 0 atom stereocenters. The predicted octanol–water partition coefficient (Wildman–Crippen LogP) is 3.28. The number of guanidine groups is 1. The Balaban J connectivity index is 1.69. The van der Waals surface area contributed by atoms with Crippen molar-refractivity contribution >= 4 is 17.3 Å². The third-order valence-corrected chi connectivity index (χ3v) is 4.19. The Morgan fingerprint density at radius 3 is 2.67 bits per heavy atom. The van der Waals surface area contributed by atoms with E-state index in [0.717, 1.165) is 36.2 Å². The topological polar surface area (TPSA) is 58.5 Å². The highest BCUT2D eigenvalue weighted by Crippen LogP contribution is 2.12. The Bertz CT molecular complexity index is 637. The van der Waals surface area contributed by atoms with Crippen LogP contribution in [0.15, 0.2) is 35.5 Å². The van der Waals surface area contributed by atoms with Crippen molar-refractivity contribution in [3.63, 3.8) is 0 Å². The first-order valence-electron chi connectivity index (χ1n) is 8.30. The maximum absolute atomic E-state index is 5.73. The maximum Gasteiger partial charge on any atom is 0.191 e. The quantitative estimate of drug-likeness (QED) is 0.437. The number of thiazole rings is 1. The number of rotatable bonds is 8. The average Bonchev–Trinajstić information content (AvgIpc) is 2.99. The zero-order chi connectivity index (χ0) is 17.2. The van der Waals surface area contributed by atoms with Crippen LogP contribution in [-0.4, -0.2) is 30.6 Å². The molecule has 0 spiro atoms. The SMILES string of the molecule is CCNC(=NCc1ncc(C)s1)NCCCOc1ccc(C)cc1. The van der Waals surface area contributed by atoms with E-state index < -0.39 is 0 Å². The van der Waals surface area contributed by atoms with Crippen LogP contribution >= 0.6 is 11.3 Å². The van der Waals surface area contributed by atoms with E-state index in [2.05, 4.69) is 53.5 Å². The Morgan fingerprint density at radius 2 is 2.00 bits per heavy atom. The second-order valence-corrected chi connectivity index (χ2v) is 6.82. The van der Waals surface area contributed by atoms with E-state index in [1.807, 2.05) is 18.3 Å². The van der Waals surface area contributed by atoms with Crippen LogP contribution in [0.4, 0.5) is 0 Å². The first kappa shape index (κ1) is 18.3. The zero-order valence-corrected chi connectivity index (χ0v) is 15.4. The molecule has 6 heteroatoms. The van der Waals surface area contributed by atoms with Crippen LogP contribution in [0.25, 0.3) is 0 Å². The Hall–Kier alpha value is -2.08. The molecule has 0 saturated carbocycles. The maximum atomic E-state index is 5.73. The number of hydrogen-bond acceptors (Lipinski definition) is 4. The van der Waals surface area contributed by atoms with Crippen LogP contribution < -0.4 is 15.4 Å². The van der Waals surface area contributed by atoms with E-state index >= 15 is 0 Å². The number of aromatic nitrogens is 1. The van der Waals surface area contributed by atoms with E-state index in [1.54, 1.807) is 11.3 Å². The monoisotopic (exact) mass is 346 g/mol. The average molecular weight is 347 g/mol. The summed E-state index contributed by atoms with van der Waals surface area (Å²) in [6.07, 6.45) is 2.80. The van der Waals surface area contributed by atoms with Crippen molar-refractivity contribution in [3.8, 4) is 5.75 Å². The van der Waals surface area contributed by atoms with Crippen LogP contribution in [0.1, 0.15) is 28.8 Å². The van der Waals surface area contributed by atoms with Gasteiger partial charge in [-0.05, 0) is 39.3 Å². The molecule has 0 amide bonds. The highest BCUT2D eigenvalue weighted by Gasteiger charge is 2.00. The normalized spacial score (nSPS) is 11.4. The van der Waals surface area contributed by atoms with Crippen molar-refractivity contribution in [2.45, 2.75) is 33.7 Å². The summed E-state index contributed by atoms with van der Waals surface area (Å²) < 4.78 is 5.73. The van der Waals surface area contributed by atoms with Gasteiger partial charge < -0.3 is 15.4 Å². The molecule has 0 aliphatic heterocycles. The summed E-state index contributed by atoms with van der Waals surface area (Å²) in [7, 11) is 0. The van der Waals surface area contributed by atoms with E-state index in [1.165, 1.54) is 10.4 Å². The number of nitrogens with zero attached hydrogens (tertiary/aromatic N) is 2. The van der Waals surface area contributed by atoms with Gasteiger partial charge in [0, 0.05) is 24.2 Å². The van der Waals surface area contributed by atoms with Gasteiger partial charge in [-0.1, -0.05) is 17.7 Å². The van der Waals surface area contributed by atoms with Gasteiger partial charge in [0.25, 0.3) is 0 Å². The van der Waals surface area contributed by atoms with Gasteiger partial charge in [-0.25, -0.2) is 9.98 Å². The predicted molar refractivity (Wildman–Crippen MR) is 101 cm³/mol. The summed E-state index contributed by atoms with van der Waals surface area (Å²) in [5, 5.41) is 7.61. The molecule has 0 aliphatic carbocycles. The van der Waals surface area contributed by atoms with Crippen molar-refractivity contribution < 1.29 is 4.74 Å². The summed E-state index contributed by atoms with van der Waals surface area (Å²) >= 11 is 1.68. The number of aryl methyl sites for hydroxylation is 2. The minimum absolute atomic E-state index is 0.605. The molecule has 1 heterocycles. The Morgan fingerprint density at radius 1 is 1.21 bits per heavy atom. The summed E-state index contributed by atoms with van der Waals surface area (Å²) in [5.74, 6) is 1.74. The van der Waals surface area contributed by atoms with Crippen molar-refractivity contribution in [2.75, 3.05) is 19.7 Å². The van der Waals surface area contributed by atoms with Gasteiger partial charge in [-0.2, -0.15) is 0 Å². The molecule has 24 heavy (non-hydrogen) atoms. The second-order valence-electron chi connectivity index (χ2n) is 5.50. The fourth-order valence-electron chi connectivity index (χ4n) is 2.07. The second kappa shape index (κ2) is 9.93. The highest BCUT2D eigenvalue weighted by atomic mass is 32.1. The summed E-state index contributed by atoms with van der Waals surface area (Å²) in [6, 6.07) is 8.13. The lowest BCUT2D eigenvalue weighted by Gasteiger charge is -2.11. The van der Waals surface area contributed by atoms with Crippen LogP contribution in [0.2, 0.25) is 0 Å². The van der Waals surface area contributed by atoms with Crippen molar-refractivity contribution in [3.05, 3.63) is 45.9 Å². The number of benzene rings is 1. The van der Waals surface area contributed by atoms with Gasteiger partial charge in [0.15, 0.2) is 5.96 Å². The van der Waals surface area contributed by atoms with Gasteiger partial charge in [-0.3, -0.25) is 0 Å². The molecular weight excluding hydrogens is 320 g/mol.